The number of nitrogens with one attached hydrogen (secondary N) is 1. The predicted octanol–water partition coefficient (Wildman–Crippen LogP) is 1.88. The van der Waals surface area contributed by atoms with E-state index in [0.29, 0.717) is 21.5 Å². The van der Waals surface area contributed by atoms with E-state index in [0.717, 1.165) is 10.5 Å². The molecule has 3 heterocycles. The standard InChI is InChI=1S/C13H13N5O3S3/c1-7-15-12(17-13(16-7)22-3)14-6-9-10(19)11-8(4-5-23-11)18(2)24(9,20)21/h4-6H,1-3H3,(H,14,15,16,17). The monoisotopic (exact) mass is 383 g/mol. The normalized spacial score (nSPS) is 17.9. The number of hydrogen-bond donors (Lipinski definition) is 1. The zero-order valence-corrected chi connectivity index (χ0v) is 15.4. The van der Waals surface area contributed by atoms with Gasteiger partial charge in [-0.2, -0.15) is 9.97 Å². The Kier molecular flexibility index (Phi) is 4.32. The number of Topliss-reactive ketones (excluding diaryl/α,β-unsaturated/α-hetero) is 1. The number of carbonyl (C=O) groups is 1. The van der Waals surface area contributed by atoms with Crippen molar-refractivity contribution in [2.75, 3.05) is 22.9 Å². The minimum atomic E-state index is -3.92. The minimum Gasteiger partial charge on any atom is -0.329 e. The molecule has 8 nitrogen and oxygen atoms in total. The molecule has 0 unspecified atom stereocenters. The fourth-order valence-corrected chi connectivity index (χ4v) is 4.76. The predicted molar refractivity (Wildman–Crippen MR) is 94.0 cm³/mol. The van der Waals surface area contributed by atoms with Crippen LogP contribution in [0.5, 0.6) is 0 Å². The second kappa shape index (κ2) is 6.15. The Hall–Kier alpha value is -1.98. The summed E-state index contributed by atoms with van der Waals surface area (Å²) in [5, 5.41) is 4.88. The van der Waals surface area contributed by atoms with Gasteiger partial charge in [-0.05, 0) is 24.6 Å². The lowest BCUT2D eigenvalue weighted by Crippen LogP contribution is -2.35. The number of fused-ring (bicyclic) bond motifs is 1. The van der Waals surface area contributed by atoms with Crippen LogP contribution in [0.2, 0.25) is 0 Å². The van der Waals surface area contributed by atoms with Gasteiger partial charge in [0, 0.05) is 13.2 Å². The number of rotatable bonds is 3. The van der Waals surface area contributed by atoms with E-state index < -0.39 is 15.8 Å². The molecule has 0 radical (unpaired) electrons. The summed E-state index contributed by atoms with van der Waals surface area (Å²) in [5.41, 5.74) is 0.392. The number of hydrogen-bond acceptors (Lipinski definition) is 9. The van der Waals surface area contributed by atoms with E-state index in [1.807, 2.05) is 6.26 Å². The molecular formula is C13H13N5O3S3. The molecule has 2 aromatic heterocycles. The number of nitrogens with zero attached hydrogens (tertiary/aromatic N) is 4. The van der Waals surface area contributed by atoms with Crippen LogP contribution >= 0.6 is 23.1 Å². The van der Waals surface area contributed by atoms with E-state index in [1.165, 1.54) is 30.1 Å². The number of allylic oxidation sites excluding steroid dienone is 1. The number of ketones is 1. The van der Waals surface area contributed by atoms with Gasteiger partial charge in [-0.25, -0.2) is 13.4 Å². The Morgan fingerprint density at radius 1 is 1.33 bits per heavy atom. The number of thioether (sulfide) groups is 1. The number of thiophene rings is 1. The smallest absolute Gasteiger partial charge is 0.269 e. The van der Waals surface area contributed by atoms with Crippen molar-refractivity contribution in [3.63, 3.8) is 0 Å². The molecule has 0 bridgehead atoms. The van der Waals surface area contributed by atoms with Crippen LogP contribution in [0.25, 0.3) is 0 Å². The van der Waals surface area contributed by atoms with Crippen molar-refractivity contribution in [1.29, 1.82) is 0 Å². The van der Waals surface area contributed by atoms with Crippen molar-refractivity contribution >= 4 is 50.5 Å². The molecule has 11 heteroatoms. The van der Waals surface area contributed by atoms with Crippen LogP contribution in [-0.2, 0) is 10.0 Å². The molecule has 0 saturated heterocycles. The Labute approximate surface area is 147 Å². The van der Waals surface area contributed by atoms with Gasteiger partial charge in [0.2, 0.25) is 11.7 Å². The maximum absolute atomic E-state index is 12.5. The van der Waals surface area contributed by atoms with Gasteiger partial charge in [0.15, 0.2) is 10.1 Å². The molecule has 2 aromatic rings. The van der Waals surface area contributed by atoms with Gasteiger partial charge in [0.25, 0.3) is 10.0 Å². The number of anilines is 2. The Morgan fingerprint density at radius 2 is 2.08 bits per heavy atom. The Morgan fingerprint density at radius 3 is 2.79 bits per heavy atom. The van der Waals surface area contributed by atoms with E-state index in [2.05, 4.69) is 20.3 Å². The first-order chi connectivity index (χ1) is 11.3. The van der Waals surface area contributed by atoms with Crippen molar-refractivity contribution < 1.29 is 13.2 Å². The third kappa shape index (κ3) is 2.78. The molecule has 0 fully saturated rings. The molecule has 1 aliphatic heterocycles. The van der Waals surface area contributed by atoms with E-state index in [9.17, 15) is 13.2 Å². The number of aryl methyl sites for hydroxylation is 1. The second-order valence-corrected chi connectivity index (χ2v) is 8.41. The average Bonchev–Trinajstić information content (AvgIpc) is 3.02. The van der Waals surface area contributed by atoms with Crippen LogP contribution in [0.4, 0.5) is 11.6 Å². The van der Waals surface area contributed by atoms with Crippen molar-refractivity contribution in [1.82, 2.24) is 15.0 Å². The zero-order valence-electron chi connectivity index (χ0n) is 13.0. The summed E-state index contributed by atoms with van der Waals surface area (Å²) in [5.74, 6) is 0.134. The van der Waals surface area contributed by atoms with Gasteiger partial charge in [-0.15, -0.1) is 11.3 Å². The molecule has 1 N–H and O–H groups in total. The van der Waals surface area contributed by atoms with Gasteiger partial charge in [0.1, 0.15) is 10.7 Å². The lowest BCUT2D eigenvalue weighted by Gasteiger charge is -2.25. The zero-order chi connectivity index (χ0) is 17.5. The van der Waals surface area contributed by atoms with E-state index in [4.69, 9.17) is 0 Å². The molecule has 1 aliphatic rings. The maximum Gasteiger partial charge on any atom is 0.269 e. The lowest BCUT2D eigenvalue weighted by atomic mass is 10.2. The molecule has 3 rings (SSSR count). The highest BCUT2D eigenvalue weighted by molar-refractivity contribution is 7.98. The summed E-state index contributed by atoms with van der Waals surface area (Å²) in [7, 11) is -2.50. The van der Waals surface area contributed by atoms with Gasteiger partial charge < -0.3 is 5.32 Å². The summed E-state index contributed by atoms with van der Waals surface area (Å²) in [6, 6.07) is 1.61. The molecule has 0 atom stereocenters. The largest absolute Gasteiger partial charge is 0.329 e. The van der Waals surface area contributed by atoms with Crippen LogP contribution in [0.1, 0.15) is 15.5 Å². The molecule has 0 amide bonds. The molecular weight excluding hydrogens is 370 g/mol. The van der Waals surface area contributed by atoms with Crippen LogP contribution < -0.4 is 9.62 Å². The van der Waals surface area contributed by atoms with Gasteiger partial charge in [-0.3, -0.25) is 9.10 Å². The van der Waals surface area contributed by atoms with Crippen molar-refractivity contribution in [2.45, 2.75) is 12.1 Å². The molecule has 0 spiro atoms. The molecule has 0 saturated carbocycles. The Balaban J connectivity index is 2.01. The molecule has 24 heavy (non-hydrogen) atoms. The van der Waals surface area contributed by atoms with Gasteiger partial charge >= 0.3 is 0 Å². The van der Waals surface area contributed by atoms with Gasteiger partial charge in [0.05, 0.1) is 5.69 Å². The highest BCUT2D eigenvalue weighted by Crippen LogP contribution is 2.37. The van der Waals surface area contributed by atoms with Crippen molar-refractivity contribution in [3.8, 4) is 0 Å². The first kappa shape index (κ1) is 16.9. The van der Waals surface area contributed by atoms with Crippen molar-refractivity contribution in [2.24, 2.45) is 0 Å². The van der Waals surface area contributed by atoms with Crippen LogP contribution in [0, 0.1) is 6.92 Å². The van der Waals surface area contributed by atoms with E-state index in [1.54, 1.807) is 18.4 Å². The highest BCUT2D eigenvalue weighted by Gasteiger charge is 2.39. The average molecular weight is 383 g/mol. The van der Waals surface area contributed by atoms with Crippen LogP contribution in [0.15, 0.2) is 27.7 Å². The minimum absolute atomic E-state index is 0.182. The molecule has 0 aliphatic carbocycles. The third-order valence-electron chi connectivity index (χ3n) is 3.29. The topological polar surface area (TPSA) is 105 Å². The first-order valence-electron chi connectivity index (χ1n) is 6.69. The van der Waals surface area contributed by atoms with E-state index >= 15 is 0 Å². The molecule has 0 aromatic carbocycles. The summed E-state index contributed by atoms with van der Waals surface area (Å²) >= 11 is 2.54. The van der Waals surface area contributed by atoms with E-state index in [-0.39, 0.29) is 10.9 Å². The van der Waals surface area contributed by atoms with Crippen LogP contribution in [-0.4, -0.2) is 42.5 Å². The summed E-state index contributed by atoms with van der Waals surface area (Å²) < 4.78 is 26.2. The lowest BCUT2D eigenvalue weighted by molar-refractivity contribution is 0.104. The maximum atomic E-state index is 12.5. The SMILES string of the molecule is CSc1nc(C)nc(NC=C2C(=O)c3sccc3N(C)S2(=O)=O)n1. The quantitative estimate of drug-likeness (QED) is 0.633. The second-order valence-electron chi connectivity index (χ2n) is 4.78. The fourth-order valence-electron chi connectivity index (χ4n) is 2.11. The number of sulfonamides is 1. The summed E-state index contributed by atoms with van der Waals surface area (Å²) in [6.45, 7) is 1.70. The third-order valence-corrected chi connectivity index (χ3v) is 6.52. The fraction of sp³-hybridized carbons (Fsp3) is 0.231. The van der Waals surface area contributed by atoms with Crippen molar-refractivity contribution in [3.05, 3.63) is 33.3 Å². The van der Waals surface area contributed by atoms with Crippen LogP contribution in [0.3, 0.4) is 0 Å². The first-order valence-corrected chi connectivity index (χ1v) is 10.2. The Bertz CT molecular complexity index is 952. The summed E-state index contributed by atoms with van der Waals surface area (Å²) in [4.78, 5) is 24.9. The molecule has 126 valence electrons. The summed E-state index contributed by atoms with van der Waals surface area (Å²) in [6.07, 6.45) is 2.95. The number of aromatic nitrogens is 3. The number of carbonyl (C=O) groups excluding carboxylic acids is 1. The highest BCUT2D eigenvalue weighted by atomic mass is 32.2. The van der Waals surface area contributed by atoms with Gasteiger partial charge in [-0.1, -0.05) is 11.8 Å².